The number of nitrogens with zero attached hydrogens (tertiary/aromatic N) is 1. The normalized spacial score (nSPS) is 19.3. The van der Waals surface area contributed by atoms with Gasteiger partial charge in [-0.15, -0.1) is 0 Å². The van der Waals surface area contributed by atoms with Crippen LogP contribution in [-0.4, -0.2) is 25.7 Å². The lowest BCUT2D eigenvalue weighted by Gasteiger charge is -2.12. The summed E-state index contributed by atoms with van der Waals surface area (Å²) < 4.78 is 10.3. The molecule has 6 nitrogen and oxygen atoms in total. The molecule has 1 atom stereocenters. The average molecular weight is 280 g/mol. The van der Waals surface area contributed by atoms with E-state index in [0.717, 1.165) is 13.0 Å². The molecule has 0 aromatic heterocycles. The molecule has 0 heterocycles. The second-order valence-corrected chi connectivity index (χ2v) is 5.75. The molecule has 1 unspecified atom stereocenters. The van der Waals surface area contributed by atoms with Crippen LogP contribution in [0.2, 0.25) is 0 Å². The van der Waals surface area contributed by atoms with Crippen LogP contribution in [0.25, 0.3) is 0 Å². The van der Waals surface area contributed by atoms with Gasteiger partial charge < -0.3 is 14.8 Å². The monoisotopic (exact) mass is 280 g/mol. The number of nitro benzene ring substituents is 1. The Labute approximate surface area is 118 Å². The molecule has 20 heavy (non-hydrogen) atoms. The lowest BCUT2D eigenvalue weighted by molar-refractivity contribution is -0.384. The highest BCUT2D eigenvalue weighted by atomic mass is 16.6. The van der Waals surface area contributed by atoms with Gasteiger partial charge in [-0.1, -0.05) is 13.8 Å². The predicted octanol–water partition coefficient (Wildman–Crippen LogP) is 3.07. The van der Waals surface area contributed by atoms with Crippen molar-refractivity contribution in [2.45, 2.75) is 20.3 Å². The van der Waals surface area contributed by atoms with E-state index in [1.807, 2.05) is 0 Å². The first-order valence-electron chi connectivity index (χ1n) is 6.53. The van der Waals surface area contributed by atoms with E-state index in [0.29, 0.717) is 28.5 Å². The number of ether oxygens (including phenoxy) is 2. The fourth-order valence-corrected chi connectivity index (χ4v) is 2.32. The zero-order chi connectivity index (χ0) is 14.9. The summed E-state index contributed by atoms with van der Waals surface area (Å²) in [6.45, 7) is 5.12. The number of anilines is 1. The van der Waals surface area contributed by atoms with Crippen molar-refractivity contribution in [2.75, 3.05) is 26.1 Å². The molecule has 1 N–H and O–H groups in total. The van der Waals surface area contributed by atoms with Gasteiger partial charge in [0.05, 0.1) is 25.2 Å². The largest absolute Gasteiger partial charge is 0.493 e. The molecule has 0 spiro atoms. The van der Waals surface area contributed by atoms with Crippen molar-refractivity contribution in [3.63, 3.8) is 0 Å². The van der Waals surface area contributed by atoms with Crippen molar-refractivity contribution in [3.05, 3.63) is 22.2 Å². The van der Waals surface area contributed by atoms with Crippen LogP contribution >= 0.6 is 0 Å². The first-order chi connectivity index (χ1) is 9.39. The molecule has 110 valence electrons. The van der Waals surface area contributed by atoms with Crippen LogP contribution in [-0.2, 0) is 0 Å². The molecule has 1 aromatic rings. The minimum Gasteiger partial charge on any atom is -0.493 e. The Morgan fingerprint density at radius 2 is 1.90 bits per heavy atom. The lowest BCUT2D eigenvalue weighted by Crippen LogP contribution is -2.09. The smallest absolute Gasteiger partial charge is 0.296 e. The summed E-state index contributed by atoms with van der Waals surface area (Å²) in [5.41, 5.74) is 0.801. The number of hydrogen-bond acceptors (Lipinski definition) is 5. The van der Waals surface area contributed by atoms with Crippen LogP contribution in [0, 0.1) is 21.4 Å². The number of methoxy groups -OCH3 is 2. The average Bonchev–Trinajstić information content (AvgIpc) is 3.02. The van der Waals surface area contributed by atoms with Gasteiger partial charge in [-0.3, -0.25) is 10.1 Å². The van der Waals surface area contributed by atoms with Crippen molar-refractivity contribution < 1.29 is 14.4 Å². The van der Waals surface area contributed by atoms with Crippen LogP contribution < -0.4 is 14.8 Å². The molecule has 1 aromatic carbocycles. The summed E-state index contributed by atoms with van der Waals surface area (Å²) in [7, 11) is 2.97. The van der Waals surface area contributed by atoms with E-state index in [4.69, 9.17) is 9.47 Å². The van der Waals surface area contributed by atoms with E-state index in [2.05, 4.69) is 19.2 Å². The van der Waals surface area contributed by atoms with Gasteiger partial charge in [-0.25, -0.2) is 0 Å². The topological polar surface area (TPSA) is 73.6 Å². The molecule has 1 saturated carbocycles. The number of nitrogens with one attached hydrogen (secondary N) is 1. The molecular weight excluding hydrogens is 260 g/mol. The van der Waals surface area contributed by atoms with E-state index in [1.165, 1.54) is 20.3 Å². The second-order valence-electron chi connectivity index (χ2n) is 5.75. The van der Waals surface area contributed by atoms with E-state index >= 15 is 0 Å². The summed E-state index contributed by atoms with van der Waals surface area (Å²) in [6.07, 6.45) is 1.14. The molecule has 1 aliphatic rings. The van der Waals surface area contributed by atoms with Crippen LogP contribution in [0.5, 0.6) is 11.5 Å². The molecular formula is C14H20N2O4. The third-order valence-electron chi connectivity index (χ3n) is 3.96. The van der Waals surface area contributed by atoms with E-state index in [1.54, 1.807) is 6.07 Å². The summed E-state index contributed by atoms with van der Waals surface area (Å²) in [6, 6.07) is 3.01. The standard InChI is InChI=1S/C14H20N2O4/c1-14(2)7-9(14)8-15-10-5-12(19-3)13(20-4)6-11(10)16(17)18/h5-6,9,15H,7-8H2,1-4H3. The van der Waals surface area contributed by atoms with Crippen molar-refractivity contribution in [1.29, 1.82) is 0 Å². The molecule has 0 radical (unpaired) electrons. The molecule has 1 aliphatic carbocycles. The van der Waals surface area contributed by atoms with Crippen LogP contribution in [0.4, 0.5) is 11.4 Å². The van der Waals surface area contributed by atoms with Crippen molar-refractivity contribution in [1.82, 2.24) is 0 Å². The third kappa shape index (κ3) is 2.79. The maximum atomic E-state index is 11.1. The van der Waals surface area contributed by atoms with Gasteiger partial charge in [0.1, 0.15) is 5.69 Å². The van der Waals surface area contributed by atoms with Gasteiger partial charge in [-0.2, -0.15) is 0 Å². The Bertz CT molecular complexity index is 528. The summed E-state index contributed by atoms with van der Waals surface area (Å²) in [4.78, 5) is 10.7. The second kappa shape index (κ2) is 5.19. The Kier molecular flexibility index (Phi) is 3.74. The molecule has 1 fully saturated rings. The highest BCUT2D eigenvalue weighted by Crippen LogP contribution is 2.51. The predicted molar refractivity (Wildman–Crippen MR) is 76.6 cm³/mol. The SMILES string of the molecule is COc1cc(NCC2CC2(C)C)c([N+](=O)[O-])cc1OC. The fourth-order valence-electron chi connectivity index (χ4n) is 2.32. The molecule has 0 saturated heterocycles. The number of benzene rings is 1. The molecule has 2 rings (SSSR count). The van der Waals surface area contributed by atoms with E-state index < -0.39 is 4.92 Å². The Morgan fingerprint density at radius 3 is 2.35 bits per heavy atom. The fraction of sp³-hybridized carbons (Fsp3) is 0.571. The van der Waals surface area contributed by atoms with Crippen LogP contribution in [0.15, 0.2) is 12.1 Å². The minimum absolute atomic E-state index is 0.00102. The maximum absolute atomic E-state index is 11.1. The van der Waals surface area contributed by atoms with Gasteiger partial charge in [0.15, 0.2) is 11.5 Å². The van der Waals surface area contributed by atoms with Crippen LogP contribution in [0.1, 0.15) is 20.3 Å². The number of rotatable bonds is 6. The summed E-state index contributed by atoms with van der Waals surface area (Å²) in [5, 5.41) is 14.3. The third-order valence-corrected chi connectivity index (χ3v) is 3.96. The van der Waals surface area contributed by atoms with Crippen molar-refractivity contribution in [3.8, 4) is 11.5 Å². The van der Waals surface area contributed by atoms with E-state index in [-0.39, 0.29) is 5.69 Å². The van der Waals surface area contributed by atoms with Crippen LogP contribution in [0.3, 0.4) is 0 Å². The van der Waals surface area contributed by atoms with Crippen molar-refractivity contribution >= 4 is 11.4 Å². The highest BCUT2D eigenvalue weighted by molar-refractivity contribution is 5.68. The molecule has 0 bridgehead atoms. The van der Waals surface area contributed by atoms with Gasteiger partial charge >= 0.3 is 0 Å². The van der Waals surface area contributed by atoms with Gasteiger partial charge in [0, 0.05) is 12.6 Å². The maximum Gasteiger partial charge on any atom is 0.296 e. The first-order valence-corrected chi connectivity index (χ1v) is 6.53. The number of hydrogen-bond donors (Lipinski definition) is 1. The summed E-state index contributed by atoms with van der Waals surface area (Å²) >= 11 is 0. The summed E-state index contributed by atoms with van der Waals surface area (Å²) in [5.74, 6) is 1.39. The lowest BCUT2D eigenvalue weighted by atomic mass is 10.1. The zero-order valence-electron chi connectivity index (χ0n) is 12.2. The Morgan fingerprint density at radius 1 is 1.35 bits per heavy atom. The molecule has 0 amide bonds. The van der Waals surface area contributed by atoms with Gasteiger partial charge in [0.2, 0.25) is 0 Å². The van der Waals surface area contributed by atoms with Gasteiger partial charge in [0.25, 0.3) is 5.69 Å². The zero-order valence-corrected chi connectivity index (χ0v) is 12.2. The first kappa shape index (κ1) is 14.4. The Hall–Kier alpha value is -1.98. The molecule has 6 heteroatoms. The number of nitro groups is 1. The Balaban J connectivity index is 2.23. The molecule has 0 aliphatic heterocycles. The minimum atomic E-state index is -0.414. The van der Waals surface area contributed by atoms with Gasteiger partial charge in [-0.05, 0) is 17.8 Å². The highest BCUT2D eigenvalue weighted by Gasteiger charge is 2.45. The van der Waals surface area contributed by atoms with E-state index in [9.17, 15) is 10.1 Å². The quantitative estimate of drug-likeness (QED) is 0.640. The van der Waals surface area contributed by atoms with Crippen molar-refractivity contribution in [2.24, 2.45) is 11.3 Å².